The van der Waals surface area contributed by atoms with Gasteiger partial charge in [-0.25, -0.2) is 9.79 Å². The lowest BCUT2D eigenvalue weighted by Gasteiger charge is -2.20. The number of alkyl halides is 1. The van der Waals surface area contributed by atoms with Gasteiger partial charge >= 0.3 is 6.03 Å². The number of rotatable bonds is 0. The Kier molecular flexibility index (Phi) is 2.23. The summed E-state index contributed by atoms with van der Waals surface area (Å²) in [4.78, 5) is 14.2. The third-order valence-electron chi connectivity index (χ3n) is 0.811. The van der Waals surface area contributed by atoms with E-state index in [-0.39, 0.29) is 5.29 Å². The van der Waals surface area contributed by atoms with Crippen molar-refractivity contribution in [2.24, 2.45) is 4.99 Å². The Labute approximate surface area is 71.9 Å². The average molecular weight is 202 g/mol. The van der Waals surface area contributed by atoms with E-state index in [2.05, 4.69) is 10.3 Å². The van der Waals surface area contributed by atoms with Crippen LogP contribution in [0.3, 0.4) is 0 Å². The predicted octanol–water partition coefficient (Wildman–Crippen LogP) is 1.28. The van der Waals surface area contributed by atoms with Gasteiger partial charge in [-0.05, 0) is 11.6 Å². The first-order valence-electron chi connectivity index (χ1n) is 2.24. The number of hydrogen-bond donors (Lipinski definition) is 1. The molecule has 1 aliphatic rings. The molecule has 56 valence electrons. The van der Waals surface area contributed by atoms with E-state index in [4.69, 9.17) is 35.0 Å². The molecule has 10 heavy (non-hydrogen) atoms. The second kappa shape index (κ2) is 2.82. The molecule has 1 atom stereocenters. The second-order valence-corrected chi connectivity index (χ2v) is 2.58. The lowest BCUT2D eigenvalue weighted by atomic mass is 10.8. The van der Waals surface area contributed by atoms with Gasteiger partial charge in [0.05, 0.1) is 0 Å². The molecule has 0 radical (unpaired) electrons. The molecule has 7 heteroatoms. The Morgan fingerprint density at radius 1 is 1.70 bits per heavy atom. The zero-order valence-electron chi connectivity index (χ0n) is 4.51. The van der Waals surface area contributed by atoms with Crippen molar-refractivity contribution in [2.75, 3.05) is 0 Å². The molecule has 1 heterocycles. The Balaban J connectivity index is 2.79. The summed E-state index contributed by atoms with van der Waals surface area (Å²) in [5.74, 6) is 0. The van der Waals surface area contributed by atoms with Gasteiger partial charge in [0.1, 0.15) is 0 Å². The van der Waals surface area contributed by atoms with E-state index in [9.17, 15) is 4.79 Å². The standard InChI is InChI=1S/C3H2Cl3N3O/c4-1-7-2(5)9(6)3(10)8-1/h2H,(H,7,8,10). The van der Waals surface area contributed by atoms with E-state index in [1.165, 1.54) is 0 Å². The number of carbonyl (C=O) groups is 1. The lowest BCUT2D eigenvalue weighted by molar-refractivity contribution is 0.225. The van der Waals surface area contributed by atoms with Crippen molar-refractivity contribution in [2.45, 2.75) is 5.62 Å². The van der Waals surface area contributed by atoms with Crippen LogP contribution in [0.25, 0.3) is 0 Å². The van der Waals surface area contributed by atoms with E-state index >= 15 is 0 Å². The van der Waals surface area contributed by atoms with E-state index in [0.29, 0.717) is 4.42 Å². The number of aliphatic imine (C=N–C) groups is 1. The predicted molar refractivity (Wildman–Crippen MR) is 39.2 cm³/mol. The topological polar surface area (TPSA) is 44.7 Å². The van der Waals surface area contributed by atoms with Gasteiger partial charge in [-0.3, -0.25) is 5.32 Å². The van der Waals surface area contributed by atoms with Crippen LogP contribution in [0.4, 0.5) is 4.79 Å². The molecule has 4 nitrogen and oxygen atoms in total. The molecular weight excluding hydrogens is 200 g/mol. The highest BCUT2D eigenvalue weighted by Gasteiger charge is 2.25. The Morgan fingerprint density at radius 3 is 2.80 bits per heavy atom. The summed E-state index contributed by atoms with van der Waals surface area (Å²) in [5, 5.41) is 2.09. The van der Waals surface area contributed by atoms with Crippen LogP contribution in [0, 0.1) is 0 Å². The SMILES string of the molecule is O=C1NC(Cl)=NC(Cl)N1Cl. The summed E-state index contributed by atoms with van der Waals surface area (Å²) in [7, 11) is 0. The molecule has 1 N–H and O–H groups in total. The van der Waals surface area contributed by atoms with Gasteiger partial charge < -0.3 is 0 Å². The van der Waals surface area contributed by atoms with Crippen molar-refractivity contribution >= 4 is 46.3 Å². The fraction of sp³-hybridized carbons (Fsp3) is 0.333. The molecule has 0 saturated carbocycles. The van der Waals surface area contributed by atoms with Gasteiger partial charge in [-0.2, -0.15) is 4.42 Å². The third kappa shape index (κ3) is 1.45. The fourth-order valence-corrected chi connectivity index (χ4v) is 0.910. The second-order valence-electron chi connectivity index (χ2n) is 1.47. The molecule has 2 amide bonds. The molecule has 0 aliphatic carbocycles. The molecule has 1 unspecified atom stereocenters. The first kappa shape index (κ1) is 7.91. The summed E-state index contributed by atoms with van der Waals surface area (Å²) in [6.07, 6.45) is 0. The zero-order valence-corrected chi connectivity index (χ0v) is 6.78. The molecule has 1 rings (SSSR count). The number of halogens is 3. The van der Waals surface area contributed by atoms with Crippen LogP contribution in [0.2, 0.25) is 0 Å². The molecule has 0 saturated heterocycles. The van der Waals surface area contributed by atoms with Crippen LogP contribution < -0.4 is 5.32 Å². The maximum atomic E-state index is 10.6. The van der Waals surface area contributed by atoms with E-state index in [0.717, 1.165) is 0 Å². The zero-order chi connectivity index (χ0) is 7.72. The summed E-state index contributed by atoms with van der Waals surface area (Å²) >= 11 is 16.0. The molecule has 0 fully saturated rings. The lowest BCUT2D eigenvalue weighted by Crippen LogP contribution is -2.44. The summed E-state index contributed by atoms with van der Waals surface area (Å²) in [6, 6.07) is -0.582. The number of amides is 2. The summed E-state index contributed by atoms with van der Waals surface area (Å²) in [6.45, 7) is 0. The normalized spacial score (nSPS) is 25.9. The highest BCUT2D eigenvalue weighted by Crippen LogP contribution is 2.14. The molecular formula is C3H2Cl3N3O. The maximum Gasteiger partial charge on any atom is 0.341 e. The van der Waals surface area contributed by atoms with Crippen molar-refractivity contribution in [1.82, 2.24) is 9.74 Å². The smallest absolute Gasteiger partial charge is 0.281 e. The molecule has 0 bridgehead atoms. The molecule has 0 spiro atoms. The minimum atomic E-state index is -0.928. The number of nitrogens with zero attached hydrogens (tertiary/aromatic N) is 2. The van der Waals surface area contributed by atoms with Crippen LogP contribution in [-0.2, 0) is 0 Å². The van der Waals surface area contributed by atoms with E-state index < -0.39 is 11.7 Å². The third-order valence-corrected chi connectivity index (χ3v) is 1.73. The van der Waals surface area contributed by atoms with Crippen LogP contribution in [0.5, 0.6) is 0 Å². The van der Waals surface area contributed by atoms with Gasteiger partial charge in [0, 0.05) is 11.8 Å². The minimum absolute atomic E-state index is 0.0538. The monoisotopic (exact) mass is 201 g/mol. The number of hydrogen-bond acceptors (Lipinski definition) is 2. The van der Waals surface area contributed by atoms with Crippen molar-refractivity contribution in [3.63, 3.8) is 0 Å². The molecule has 1 aliphatic heterocycles. The van der Waals surface area contributed by atoms with Gasteiger partial charge in [0.2, 0.25) is 10.9 Å². The number of carbonyl (C=O) groups excluding carboxylic acids is 1. The number of nitrogens with one attached hydrogen (secondary N) is 1. The Morgan fingerprint density at radius 2 is 2.30 bits per heavy atom. The van der Waals surface area contributed by atoms with Crippen LogP contribution in [0.1, 0.15) is 0 Å². The number of urea groups is 1. The first-order valence-corrected chi connectivity index (χ1v) is 3.40. The van der Waals surface area contributed by atoms with E-state index in [1.807, 2.05) is 0 Å². The van der Waals surface area contributed by atoms with Gasteiger partial charge in [-0.15, -0.1) is 0 Å². The number of amidine groups is 1. The molecule has 0 aromatic heterocycles. The van der Waals surface area contributed by atoms with Crippen LogP contribution in [0.15, 0.2) is 4.99 Å². The quantitative estimate of drug-likeness (QED) is 0.359. The molecule has 0 aromatic rings. The highest BCUT2D eigenvalue weighted by molar-refractivity contribution is 6.66. The van der Waals surface area contributed by atoms with Crippen LogP contribution >= 0.6 is 35.0 Å². The van der Waals surface area contributed by atoms with Gasteiger partial charge in [0.15, 0.2) is 0 Å². The largest absolute Gasteiger partial charge is 0.341 e. The maximum absolute atomic E-state index is 10.6. The Bertz CT molecular complexity index is 193. The van der Waals surface area contributed by atoms with Gasteiger partial charge in [-0.1, -0.05) is 11.6 Å². The van der Waals surface area contributed by atoms with Crippen molar-refractivity contribution < 1.29 is 4.79 Å². The van der Waals surface area contributed by atoms with E-state index in [1.54, 1.807) is 0 Å². The van der Waals surface area contributed by atoms with Crippen molar-refractivity contribution in [3.8, 4) is 0 Å². The Hall–Kier alpha value is -0.190. The van der Waals surface area contributed by atoms with Crippen molar-refractivity contribution in [1.29, 1.82) is 0 Å². The fourth-order valence-electron chi connectivity index (χ4n) is 0.415. The van der Waals surface area contributed by atoms with Crippen LogP contribution in [-0.4, -0.2) is 21.4 Å². The van der Waals surface area contributed by atoms with Gasteiger partial charge in [0.25, 0.3) is 0 Å². The first-order chi connectivity index (χ1) is 4.61. The summed E-state index contributed by atoms with van der Waals surface area (Å²) < 4.78 is 0.702. The minimum Gasteiger partial charge on any atom is -0.281 e. The summed E-state index contributed by atoms with van der Waals surface area (Å²) in [5.41, 5.74) is -0.928. The molecule has 0 aromatic carbocycles. The highest BCUT2D eigenvalue weighted by atomic mass is 35.5. The average Bonchev–Trinajstić information content (AvgIpc) is 1.82. The van der Waals surface area contributed by atoms with Crippen molar-refractivity contribution in [3.05, 3.63) is 0 Å².